The van der Waals surface area contributed by atoms with Crippen LogP contribution in [0.1, 0.15) is 30.5 Å². The van der Waals surface area contributed by atoms with Crippen LogP contribution >= 0.6 is 0 Å². The van der Waals surface area contributed by atoms with Gasteiger partial charge in [0.15, 0.2) is 5.82 Å². The highest BCUT2D eigenvalue weighted by atomic mass is 16.5. The van der Waals surface area contributed by atoms with Crippen molar-refractivity contribution in [1.82, 2.24) is 9.97 Å². The molecule has 1 aromatic heterocycles. The Kier molecular flexibility index (Phi) is 6.82. The molecule has 50 heavy (non-hydrogen) atoms. The molecule has 0 saturated carbocycles. The van der Waals surface area contributed by atoms with Gasteiger partial charge in [-0.1, -0.05) is 135 Å². The van der Waals surface area contributed by atoms with Crippen LogP contribution in [0.2, 0.25) is 0 Å². The number of benzene rings is 7. The Morgan fingerprint density at radius 3 is 2.02 bits per heavy atom. The van der Waals surface area contributed by atoms with Gasteiger partial charge in [-0.3, -0.25) is 0 Å². The quantitative estimate of drug-likeness (QED) is 0.192. The molecular weight excluding hydrogens is 611 g/mol. The number of para-hydroxylation sites is 1. The molecule has 236 valence electrons. The summed E-state index contributed by atoms with van der Waals surface area (Å²) in [6.07, 6.45) is 0. The molecule has 1 aliphatic heterocycles. The van der Waals surface area contributed by atoms with Gasteiger partial charge < -0.3 is 4.74 Å². The third-order valence-electron chi connectivity index (χ3n) is 10.0. The summed E-state index contributed by atoms with van der Waals surface area (Å²) in [5, 5.41) is 12.9. The lowest BCUT2D eigenvalue weighted by Gasteiger charge is -2.35. The Labute approximate surface area is 290 Å². The lowest BCUT2D eigenvalue weighted by Crippen LogP contribution is -2.24. The van der Waals surface area contributed by atoms with Crippen molar-refractivity contribution in [1.29, 1.82) is 5.26 Å². The first kappa shape index (κ1) is 29.6. The number of hydrogen-bond acceptors (Lipinski definition) is 4. The van der Waals surface area contributed by atoms with Crippen molar-refractivity contribution in [3.8, 4) is 62.5 Å². The summed E-state index contributed by atoms with van der Waals surface area (Å²) in [7, 11) is 0. The molecule has 0 bridgehead atoms. The largest absolute Gasteiger partial charge is 0.457 e. The molecule has 0 atom stereocenters. The zero-order valence-electron chi connectivity index (χ0n) is 27.7. The van der Waals surface area contributed by atoms with Crippen molar-refractivity contribution in [3.63, 3.8) is 0 Å². The highest BCUT2D eigenvalue weighted by Gasteiger charge is 2.34. The minimum atomic E-state index is -0.324. The molecule has 7 aromatic carbocycles. The smallest absolute Gasteiger partial charge is 0.161 e. The first-order valence-corrected chi connectivity index (χ1v) is 16.8. The molecule has 4 nitrogen and oxygen atoms in total. The molecule has 0 radical (unpaired) electrons. The molecule has 0 aliphatic carbocycles. The van der Waals surface area contributed by atoms with Crippen molar-refractivity contribution < 1.29 is 4.74 Å². The van der Waals surface area contributed by atoms with Gasteiger partial charge in [0.2, 0.25) is 0 Å². The van der Waals surface area contributed by atoms with Crippen molar-refractivity contribution in [3.05, 3.63) is 168 Å². The van der Waals surface area contributed by atoms with Gasteiger partial charge in [-0.05, 0) is 63.4 Å². The number of hydrogen-bond donors (Lipinski definition) is 0. The average Bonchev–Trinajstić information content (AvgIpc) is 3.17. The van der Waals surface area contributed by atoms with E-state index in [1.54, 1.807) is 0 Å². The van der Waals surface area contributed by atoms with Gasteiger partial charge in [0.25, 0.3) is 0 Å². The Morgan fingerprint density at radius 2 is 1.20 bits per heavy atom. The van der Waals surface area contributed by atoms with Crippen LogP contribution in [0.3, 0.4) is 0 Å². The maximum absolute atomic E-state index is 9.53. The number of rotatable bonds is 4. The number of nitriles is 1. The van der Waals surface area contributed by atoms with E-state index in [0.717, 1.165) is 78.0 Å². The van der Waals surface area contributed by atoms with Crippen molar-refractivity contribution in [2.75, 3.05) is 0 Å². The van der Waals surface area contributed by atoms with E-state index >= 15 is 0 Å². The van der Waals surface area contributed by atoms with E-state index in [4.69, 9.17) is 14.7 Å². The second kappa shape index (κ2) is 11.5. The standard InChI is InChI=1S/C46H31N3O/c1-46(2)39-24-23-31(27-43(39)50-42-25-22-29(28-47)26-40(42)46)33-15-5-6-16-34(33)35-17-7-8-18-37(35)45-48-41-21-10-9-19-38(41)44(49-45)36-20-11-13-30-12-3-4-14-32(30)36/h3-27H,1-2H3. The van der Waals surface area contributed by atoms with Gasteiger partial charge in [0.05, 0.1) is 22.8 Å². The molecule has 4 heteroatoms. The fraction of sp³-hybridized carbons (Fsp3) is 0.0652. The number of ether oxygens (including phenoxy) is 1. The third-order valence-corrected chi connectivity index (χ3v) is 10.0. The van der Waals surface area contributed by atoms with Gasteiger partial charge in [-0.15, -0.1) is 0 Å². The van der Waals surface area contributed by atoms with Gasteiger partial charge in [0.1, 0.15) is 11.5 Å². The van der Waals surface area contributed by atoms with Gasteiger partial charge in [0, 0.05) is 33.1 Å². The van der Waals surface area contributed by atoms with Crippen molar-refractivity contribution in [2.24, 2.45) is 0 Å². The molecule has 8 aromatic rings. The minimum Gasteiger partial charge on any atom is -0.457 e. The van der Waals surface area contributed by atoms with Crippen LogP contribution in [-0.2, 0) is 5.41 Å². The summed E-state index contributed by atoms with van der Waals surface area (Å²) in [6.45, 7) is 4.38. The molecular formula is C46H31N3O. The molecule has 0 spiro atoms. The van der Waals surface area contributed by atoms with Gasteiger partial charge in [-0.2, -0.15) is 5.26 Å². The molecule has 1 aliphatic rings. The summed E-state index contributed by atoms with van der Waals surface area (Å²) in [5.74, 6) is 2.29. The van der Waals surface area contributed by atoms with Crippen LogP contribution in [0.4, 0.5) is 0 Å². The second-order valence-electron chi connectivity index (χ2n) is 13.3. The SMILES string of the molecule is CC1(C)c2ccc(-c3ccccc3-c3ccccc3-c3nc(-c4cccc5ccccc45)c4ccccc4n3)cc2Oc2ccc(C#N)cc21. The highest BCUT2D eigenvalue weighted by molar-refractivity contribution is 6.04. The lowest BCUT2D eigenvalue weighted by atomic mass is 9.75. The van der Waals surface area contributed by atoms with Crippen LogP contribution in [-0.4, -0.2) is 9.97 Å². The predicted molar refractivity (Wildman–Crippen MR) is 202 cm³/mol. The molecule has 2 heterocycles. The second-order valence-corrected chi connectivity index (χ2v) is 13.3. The van der Waals surface area contributed by atoms with Crippen molar-refractivity contribution >= 4 is 21.7 Å². The average molecular weight is 642 g/mol. The Bertz CT molecular complexity index is 2680. The Morgan fingerprint density at radius 1 is 0.540 bits per heavy atom. The first-order chi connectivity index (χ1) is 24.5. The van der Waals surface area contributed by atoms with Crippen LogP contribution in [0.15, 0.2) is 152 Å². The Hall–Kier alpha value is -6.57. The molecule has 0 amide bonds. The summed E-state index contributed by atoms with van der Waals surface area (Å²) < 4.78 is 6.51. The summed E-state index contributed by atoms with van der Waals surface area (Å²) >= 11 is 0. The molecule has 0 unspecified atom stereocenters. The summed E-state index contributed by atoms with van der Waals surface area (Å²) in [6, 6.07) is 54.5. The topological polar surface area (TPSA) is 58.8 Å². The van der Waals surface area contributed by atoms with E-state index in [2.05, 4.69) is 147 Å². The summed E-state index contributed by atoms with van der Waals surface area (Å²) in [4.78, 5) is 10.5. The van der Waals surface area contributed by atoms with Crippen molar-refractivity contribution in [2.45, 2.75) is 19.3 Å². The fourth-order valence-corrected chi connectivity index (χ4v) is 7.45. The van der Waals surface area contributed by atoms with Gasteiger partial charge in [-0.25, -0.2) is 9.97 Å². The molecule has 0 saturated heterocycles. The normalized spacial score (nSPS) is 12.9. The maximum Gasteiger partial charge on any atom is 0.161 e. The number of nitrogens with zero attached hydrogens (tertiary/aromatic N) is 3. The van der Waals surface area contributed by atoms with E-state index in [1.165, 1.54) is 5.39 Å². The lowest BCUT2D eigenvalue weighted by molar-refractivity contribution is 0.418. The molecule has 9 rings (SSSR count). The van der Waals surface area contributed by atoms with E-state index in [0.29, 0.717) is 11.4 Å². The van der Waals surface area contributed by atoms with E-state index in [9.17, 15) is 5.26 Å². The minimum absolute atomic E-state index is 0.324. The van der Waals surface area contributed by atoms with E-state index < -0.39 is 0 Å². The third kappa shape index (κ3) is 4.75. The van der Waals surface area contributed by atoms with Crippen LogP contribution in [0.25, 0.3) is 66.6 Å². The zero-order valence-corrected chi connectivity index (χ0v) is 27.7. The first-order valence-electron chi connectivity index (χ1n) is 16.8. The summed E-state index contributed by atoms with van der Waals surface area (Å²) in [5.41, 5.74) is 10.6. The number of fused-ring (bicyclic) bond motifs is 4. The number of aromatic nitrogens is 2. The molecule has 0 fully saturated rings. The Balaban J connectivity index is 1.19. The monoisotopic (exact) mass is 641 g/mol. The van der Waals surface area contributed by atoms with Gasteiger partial charge >= 0.3 is 0 Å². The van der Waals surface area contributed by atoms with Crippen LogP contribution in [0.5, 0.6) is 11.5 Å². The maximum atomic E-state index is 9.53. The van der Waals surface area contributed by atoms with E-state index in [-0.39, 0.29) is 5.41 Å². The zero-order chi connectivity index (χ0) is 33.8. The highest BCUT2D eigenvalue weighted by Crippen LogP contribution is 2.50. The predicted octanol–water partition coefficient (Wildman–Crippen LogP) is 11.8. The van der Waals surface area contributed by atoms with Crippen LogP contribution in [0, 0.1) is 11.3 Å². The van der Waals surface area contributed by atoms with E-state index in [1.807, 2.05) is 24.3 Å². The molecule has 0 N–H and O–H groups in total. The fourth-order valence-electron chi connectivity index (χ4n) is 7.45. The van der Waals surface area contributed by atoms with Crippen LogP contribution < -0.4 is 4.74 Å².